The van der Waals surface area contributed by atoms with E-state index in [1.807, 2.05) is 17.5 Å². The van der Waals surface area contributed by atoms with Crippen molar-refractivity contribution in [3.05, 3.63) is 63.1 Å². The molecule has 108 valence electrons. The third-order valence-corrected chi connectivity index (χ3v) is 5.19. The highest BCUT2D eigenvalue weighted by Gasteiger charge is 2.14. The molecule has 0 saturated heterocycles. The lowest BCUT2D eigenvalue weighted by Gasteiger charge is -2.06. The maximum Gasteiger partial charge on any atom is 0.336 e. The van der Waals surface area contributed by atoms with Gasteiger partial charge in [-0.05, 0) is 35.7 Å². The molecule has 2 heterocycles. The van der Waals surface area contributed by atoms with E-state index >= 15 is 0 Å². The van der Waals surface area contributed by atoms with E-state index in [9.17, 15) is 13.2 Å². The van der Waals surface area contributed by atoms with Gasteiger partial charge in [0.05, 0.1) is 4.90 Å². The highest BCUT2D eigenvalue weighted by Crippen LogP contribution is 2.18. The minimum absolute atomic E-state index is 0.139. The first-order valence-electron chi connectivity index (χ1n) is 6.10. The van der Waals surface area contributed by atoms with Crippen LogP contribution in [0.4, 0.5) is 0 Å². The predicted molar refractivity (Wildman–Crippen MR) is 80.8 cm³/mol. The number of sulfonamides is 1. The van der Waals surface area contributed by atoms with Crippen molar-refractivity contribution in [2.24, 2.45) is 0 Å². The molecule has 0 bridgehead atoms. The van der Waals surface area contributed by atoms with E-state index in [2.05, 4.69) is 4.72 Å². The summed E-state index contributed by atoms with van der Waals surface area (Å²) in [5.74, 6) is 0. The Kier molecular flexibility index (Phi) is 3.62. The van der Waals surface area contributed by atoms with Crippen molar-refractivity contribution in [3.8, 4) is 0 Å². The van der Waals surface area contributed by atoms with E-state index in [1.165, 1.54) is 35.6 Å². The van der Waals surface area contributed by atoms with Crippen molar-refractivity contribution in [3.63, 3.8) is 0 Å². The Bertz CT molecular complexity index is 927. The molecule has 0 amide bonds. The Morgan fingerprint density at radius 2 is 2.00 bits per heavy atom. The molecule has 1 N–H and O–H groups in total. The molecule has 0 radical (unpaired) electrons. The molecular formula is C14H11NO4S2. The highest BCUT2D eigenvalue weighted by molar-refractivity contribution is 7.89. The summed E-state index contributed by atoms with van der Waals surface area (Å²) in [7, 11) is -3.60. The van der Waals surface area contributed by atoms with Crippen molar-refractivity contribution in [2.75, 3.05) is 0 Å². The monoisotopic (exact) mass is 321 g/mol. The summed E-state index contributed by atoms with van der Waals surface area (Å²) in [6.07, 6.45) is 0. The van der Waals surface area contributed by atoms with Gasteiger partial charge < -0.3 is 4.42 Å². The SMILES string of the molecule is O=c1ccc2cc(S(=O)(=O)NCc3cccs3)ccc2o1. The Labute approximate surface area is 124 Å². The van der Waals surface area contributed by atoms with Crippen LogP contribution in [0.2, 0.25) is 0 Å². The molecule has 5 nitrogen and oxygen atoms in total. The summed E-state index contributed by atoms with van der Waals surface area (Å²) < 4.78 is 32.0. The molecule has 3 rings (SSSR count). The molecule has 2 aromatic heterocycles. The number of nitrogens with one attached hydrogen (secondary N) is 1. The molecule has 21 heavy (non-hydrogen) atoms. The average molecular weight is 321 g/mol. The Hall–Kier alpha value is -1.96. The van der Waals surface area contributed by atoms with Gasteiger partial charge in [0.2, 0.25) is 10.0 Å². The van der Waals surface area contributed by atoms with Crippen LogP contribution in [0.3, 0.4) is 0 Å². The van der Waals surface area contributed by atoms with Crippen LogP contribution in [0, 0.1) is 0 Å². The van der Waals surface area contributed by atoms with E-state index in [0.717, 1.165) is 4.88 Å². The van der Waals surface area contributed by atoms with Crippen LogP contribution < -0.4 is 10.3 Å². The summed E-state index contributed by atoms with van der Waals surface area (Å²) in [6.45, 7) is 0.252. The van der Waals surface area contributed by atoms with Gasteiger partial charge in [0.15, 0.2) is 0 Å². The highest BCUT2D eigenvalue weighted by atomic mass is 32.2. The van der Waals surface area contributed by atoms with Gasteiger partial charge in [-0.1, -0.05) is 6.07 Å². The van der Waals surface area contributed by atoms with E-state index in [4.69, 9.17) is 4.42 Å². The molecule has 0 fully saturated rings. The summed E-state index contributed by atoms with van der Waals surface area (Å²) >= 11 is 1.49. The third-order valence-electron chi connectivity index (χ3n) is 2.92. The largest absolute Gasteiger partial charge is 0.423 e. The topological polar surface area (TPSA) is 76.4 Å². The molecule has 3 aromatic rings. The number of benzene rings is 1. The van der Waals surface area contributed by atoms with Crippen LogP contribution in [-0.4, -0.2) is 8.42 Å². The summed E-state index contributed by atoms with van der Waals surface area (Å²) in [6, 6.07) is 10.9. The van der Waals surface area contributed by atoms with Gasteiger partial charge in [-0.2, -0.15) is 0 Å². The van der Waals surface area contributed by atoms with Gasteiger partial charge in [0.1, 0.15) is 5.58 Å². The molecule has 0 aliphatic carbocycles. The quantitative estimate of drug-likeness (QED) is 0.748. The standard InChI is InChI=1S/C14H11NO4S2/c16-14-6-3-10-8-12(4-5-13(10)19-14)21(17,18)15-9-11-2-1-7-20-11/h1-8,15H,9H2. The first kappa shape index (κ1) is 14.0. The van der Waals surface area contributed by atoms with Gasteiger partial charge in [-0.15, -0.1) is 11.3 Å². The molecule has 0 unspecified atom stereocenters. The van der Waals surface area contributed by atoms with Crippen LogP contribution in [-0.2, 0) is 16.6 Å². The number of hydrogen-bond acceptors (Lipinski definition) is 5. The first-order valence-corrected chi connectivity index (χ1v) is 8.47. The van der Waals surface area contributed by atoms with Gasteiger partial charge in [-0.25, -0.2) is 17.9 Å². The normalized spacial score (nSPS) is 11.8. The van der Waals surface area contributed by atoms with E-state index in [-0.39, 0.29) is 11.4 Å². The summed E-state index contributed by atoms with van der Waals surface area (Å²) in [5.41, 5.74) is -0.103. The van der Waals surface area contributed by atoms with Crippen molar-refractivity contribution >= 4 is 32.3 Å². The second-order valence-corrected chi connectivity index (χ2v) is 7.16. The fraction of sp³-hybridized carbons (Fsp3) is 0.0714. The fourth-order valence-electron chi connectivity index (χ4n) is 1.88. The number of thiophene rings is 1. The Morgan fingerprint density at radius 3 is 2.76 bits per heavy atom. The molecular weight excluding hydrogens is 310 g/mol. The Balaban J connectivity index is 1.91. The maximum absolute atomic E-state index is 12.2. The lowest BCUT2D eigenvalue weighted by atomic mass is 10.2. The summed E-state index contributed by atoms with van der Waals surface area (Å²) in [5, 5.41) is 2.45. The Morgan fingerprint density at radius 1 is 1.14 bits per heavy atom. The second-order valence-electron chi connectivity index (χ2n) is 4.36. The van der Waals surface area contributed by atoms with Crippen LogP contribution in [0.25, 0.3) is 11.0 Å². The third kappa shape index (κ3) is 3.05. The zero-order chi connectivity index (χ0) is 14.9. The minimum Gasteiger partial charge on any atom is -0.423 e. The number of fused-ring (bicyclic) bond motifs is 1. The predicted octanol–water partition coefficient (Wildman–Crippen LogP) is 2.33. The van der Waals surface area contributed by atoms with E-state index in [0.29, 0.717) is 11.0 Å². The van der Waals surface area contributed by atoms with Gasteiger partial charge >= 0.3 is 5.63 Å². The molecule has 7 heteroatoms. The molecule has 0 atom stereocenters. The van der Waals surface area contributed by atoms with Gasteiger partial charge in [-0.3, -0.25) is 0 Å². The van der Waals surface area contributed by atoms with Gasteiger partial charge in [0.25, 0.3) is 0 Å². The fourth-order valence-corrected chi connectivity index (χ4v) is 3.66. The molecule has 1 aromatic carbocycles. The second kappa shape index (κ2) is 5.44. The molecule has 0 saturated carbocycles. The zero-order valence-corrected chi connectivity index (χ0v) is 12.4. The van der Waals surface area contributed by atoms with Crippen LogP contribution >= 0.6 is 11.3 Å². The molecule has 0 spiro atoms. The van der Waals surface area contributed by atoms with Gasteiger partial charge in [0, 0.05) is 22.9 Å². The molecule has 0 aliphatic rings. The maximum atomic E-state index is 12.2. The van der Waals surface area contributed by atoms with Crippen LogP contribution in [0.15, 0.2) is 62.0 Å². The first-order chi connectivity index (χ1) is 10.0. The molecule has 0 aliphatic heterocycles. The van der Waals surface area contributed by atoms with Crippen molar-refractivity contribution in [1.82, 2.24) is 4.72 Å². The van der Waals surface area contributed by atoms with E-state index in [1.54, 1.807) is 6.07 Å². The lowest BCUT2D eigenvalue weighted by molar-refractivity contribution is 0.560. The minimum atomic E-state index is -3.60. The van der Waals surface area contributed by atoms with Crippen LogP contribution in [0.5, 0.6) is 0 Å². The van der Waals surface area contributed by atoms with Crippen molar-refractivity contribution < 1.29 is 12.8 Å². The smallest absolute Gasteiger partial charge is 0.336 e. The zero-order valence-electron chi connectivity index (χ0n) is 10.8. The van der Waals surface area contributed by atoms with Crippen molar-refractivity contribution in [1.29, 1.82) is 0 Å². The number of hydrogen-bond donors (Lipinski definition) is 1. The lowest BCUT2D eigenvalue weighted by Crippen LogP contribution is -2.22. The number of rotatable bonds is 4. The van der Waals surface area contributed by atoms with Crippen molar-refractivity contribution in [2.45, 2.75) is 11.4 Å². The average Bonchev–Trinajstić information content (AvgIpc) is 2.98. The van der Waals surface area contributed by atoms with E-state index < -0.39 is 15.6 Å². The summed E-state index contributed by atoms with van der Waals surface area (Å²) in [4.78, 5) is 12.2. The van der Waals surface area contributed by atoms with Crippen LogP contribution in [0.1, 0.15) is 4.88 Å².